The fraction of sp³-hybridized carbons (Fsp3) is 0.190. The number of nitrogens with zero attached hydrogens (tertiary/aromatic N) is 7. The van der Waals surface area contributed by atoms with Crippen LogP contribution in [-0.2, 0) is 13.1 Å². The zero-order valence-electron chi connectivity index (χ0n) is 16.3. The molecular weight excluding hydrogens is 380 g/mol. The van der Waals surface area contributed by atoms with Crippen molar-refractivity contribution >= 4 is 16.9 Å². The van der Waals surface area contributed by atoms with Crippen molar-refractivity contribution < 1.29 is 0 Å². The Morgan fingerprint density at radius 2 is 2.13 bits per heavy atom. The summed E-state index contributed by atoms with van der Waals surface area (Å²) in [7, 11) is 0. The molecule has 4 aromatic heterocycles. The lowest BCUT2D eigenvalue weighted by molar-refractivity contribution is 0.663. The highest BCUT2D eigenvalue weighted by Gasteiger charge is 2.17. The summed E-state index contributed by atoms with van der Waals surface area (Å²) in [5, 5.41) is 13.7. The fourth-order valence-corrected chi connectivity index (χ4v) is 3.65. The van der Waals surface area contributed by atoms with E-state index in [0.717, 1.165) is 17.5 Å². The minimum Gasteiger partial charge on any atom is -0.332 e. The summed E-state index contributed by atoms with van der Waals surface area (Å²) in [5.74, 6) is 1.14. The normalized spacial score (nSPS) is 11.3. The summed E-state index contributed by atoms with van der Waals surface area (Å²) >= 11 is 0. The lowest BCUT2D eigenvalue weighted by Gasteiger charge is -2.05. The first kappa shape index (κ1) is 17.9. The molecule has 1 aromatic carbocycles. The first-order valence-corrected chi connectivity index (χ1v) is 9.66. The van der Waals surface area contributed by atoms with Crippen LogP contribution in [0.2, 0.25) is 0 Å². The van der Waals surface area contributed by atoms with Crippen molar-refractivity contribution in [2.24, 2.45) is 0 Å². The van der Waals surface area contributed by atoms with Gasteiger partial charge in [0.05, 0.1) is 29.9 Å². The molecule has 148 valence electrons. The lowest BCUT2D eigenvalue weighted by Crippen LogP contribution is -2.23. The second kappa shape index (κ2) is 7.00. The van der Waals surface area contributed by atoms with Gasteiger partial charge in [0, 0.05) is 25.1 Å². The van der Waals surface area contributed by atoms with Gasteiger partial charge in [-0.1, -0.05) is 25.1 Å². The first-order valence-electron chi connectivity index (χ1n) is 9.66. The highest BCUT2D eigenvalue weighted by Crippen LogP contribution is 2.20. The van der Waals surface area contributed by atoms with Gasteiger partial charge in [-0.15, -0.1) is 0 Å². The minimum absolute atomic E-state index is 0.139. The summed E-state index contributed by atoms with van der Waals surface area (Å²) in [5.41, 5.74) is 3.11. The smallest absolute Gasteiger partial charge is 0.280 e. The number of hydrogen-bond acceptors (Lipinski definition) is 5. The molecule has 0 atom stereocenters. The average molecular weight is 398 g/mol. The summed E-state index contributed by atoms with van der Waals surface area (Å²) < 4.78 is 5.23. The van der Waals surface area contributed by atoms with Crippen LogP contribution in [0.3, 0.4) is 0 Å². The lowest BCUT2D eigenvalue weighted by atomic mass is 10.1. The monoisotopic (exact) mass is 398 g/mol. The van der Waals surface area contributed by atoms with Crippen LogP contribution in [0.4, 0.5) is 0 Å². The maximum atomic E-state index is 13.0. The zero-order valence-corrected chi connectivity index (χ0v) is 16.3. The number of benzene rings is 1. The van der Waals surface area contributed by atoms with E-state index in [9.17, 15) is 10.1 Å². The second-order valence-corrected chi connectivity index (χ2v) is 7.03. The number of H-pyrrole nitrogens is 1. The van der Waals surface area contributed by atoms with Gasteiger partial charge in [-0.2, -0.15) is 10.4 Å². The van der Waals surface area contributed by atoms with E-state index in [0.29, 0.717) is 41.4 Å². The third-order valence-corrected chi connectivity index (χ3v) is 5.06. The average Bonchev–Trinajstić information content (AvgIpc) is 3.50. The van der Waals surface area contributed by atoms with Gasteiger partial charge in [0.15, 0.2) is 11.2 Å². The third kappa shape index (κ3) is 2.78. The predicted molar refractivity (Wildman–Crippen MR) is 111 cm³/mol. The van der Waals surface area contributed by atoms with Gasteiger partial charge in [0.25, 0.3) is 5.56 Å². The largest absolute Gasteiger partial charge is 0.332 e. The van der Waals surface area contributed by atoms with E-state index < -0.39 is 0 Å². The maximum Gasteiger partial charge on any atom is 0.280 e. The Bertz CT molecular complexity index is 1480. The van der Waals surface area contributed by atoms with Crippen molar-refractivity contribution in [2.75, 3.05) is 0 Å². The molecule has 5 rings (SSSR count). The van der Waals surface area contributed by atoms with Gasteiger partial charge < -0.3 is 4.98 Å². The molecular formula is C21H18N8O. The number of aromatic amines is 1. The van der Waals surface area contributed by atoms with E-state index in [1.807, 2.05) is 35.7 Å². The molecule has 4 heterocycles. The van der Waals surface area contributed by atoms with E-state index in [2.05, 4.69) is 26.1 Å². The molecule has 0 radical (unpaired) electrons. The minimum atomic E-state index is -0.139. The predicted octanol–water partition coefficient (Wildman–Crippen LogP) is 2.57. The number of rotatable bonds is 5. The van der Waals surface area contributed by atoms with Crippen molar-refractivity contribution in [3.05, 3.63) is 70.5 Å². The quantitative estimate of drug-likeness (QED) is 0.489. The highest BCUT2D eigenvalue weighted by atomic mass is 16.1. The molecule has 5 aromatic rings. The molecule has 0 aliphatic heterocycles. The Morgan fingerprint density at radius 1 is 1.27 bits per heavy atom. The standard InChI is InChI=1S/C21H18N8O/c1-2-8-29-20(30)17-19(28-9-7-23-21(28)29)26-18(25-17)16-11-24-27(13-16)12-15-6-4-3-5-14(15)10-22/h3-7,9,11,13H,2,8,12H2,1H3,(H,25,26). The molecule has 0 spiro atoms. The Hall–Kier alpha value is -4.19. The van der Waals surface area contributed by atoms with Gasteiger partial charge >= 0.3 is 0 Å². The SMILES string of the molecule is CCCn1c(=O)c2[nH]c(-c3cnn(Cc4ccccc4C#N)c3)nc2n2ccnc12. The van der Waals surface area contributed by atoms with Gasteiger partial charge in [0.1, 0.15) is 5.82 Å². The van der Waals surface area contributed by atoms with Crippen LogP contribution >= 0.6 is 0 Å². The van der Waals surface area contributed by atoms with Crippen LogP contribution < -0.4 is 5.56 Å². The van der Waals surface area contributed by atoms with Crippen molar-refractivity contribution in [2.45, 2.75) is 26.4 Å². The van der Waals surface area contributed by atoms with Crippen molar-refractivity contribution in [1.29, 1.82) is 5.26 Å². The summed E-state index contributed by atoms with van der Waals surface area (Å²) in [6, 6.07) is 9.64. The molecule has 30 heavy (non-hydrogen) atoms. The highest BCUT2D eigenvalue weighted by molar-refractivity contribution is 5.77. The third-order valence-electron chi connectivity index (χ3n) is 5.06. The van der Waals surface area contributed by atoms with Crippen molar-refractivity contribution in [3.63, 3.8) is 0 Å². The van der Waals surface area contributed by atoms with Gasteiger partial charge in [-0.25, -0.2) is 9.97 Å². The molecule has 0 saturated heterocycles. The molecule has 9 nitrogen and oxygen atoms in total. The molecule has 1 N–H and O–H groups in total. The Kier molecular flexibility index (Phi) is 4.17. The van der Waals surface area contributed by atoms with Crippen molar-refractivity contribution in [1.82, 2.24) is 33.7 Å². The van der Waals surface area contributed by atoms with Crippen LogP contribution in [0.5, 0.6) is 0 Å². The van der Waals surface area contributed by atoms with E-state index in [-0.39, 0.29) is 5.56 Å². The van der Waals surface area contributed by atoms with Crippen molar-refractivity contribution in [3.8, 4) is 17.5 Å². The number of imidazole rings is 2. The molecule has 0 saturated carbocycles. The summed E-state index contributed by atoms with van der Waals surface area (Å²) in [4.78, 5) is 25.1. The molecule has 0 aliphatic rings. The van der Waals surface area contributed by atoms with E-state index >= 15 is 0 Å². The van der Waals surface area contributed by atoms with E-state index in [1.54, 1.807) is 33.9 Å². The molecule has 0 fully saturated rings. The van der Waals surface area contributed by atoms with Crippen LogP contribution in [0.15, 0.2) is 53.8 Å². The Balaban J connectivity index is 1.57. The number of nitrogens with one attached hydrogen (secondary N) is 1. The van der Waals surface area contributed by atoms with Crippen LogP contribution in [0, 0.1) is 11.3 Å². The first-order chi connectivity index (χ1) is 14.7. The van der Waals surface area contributed by atoms with Crippen LogP contribution in [-0.4, -0.2) is 33.7 Å². The van der Waals surface area contributed by atoms with Crippen LogP contribution in [0.1, 0.15) is 24.5 Å². The molecule has 0 unspecified atom stereocenters. The molecule has 0 aliphatic carbocycles. The number of aromatic nitrogens is 7. The number of hydrogen-bond donors (Lipinski definition) is 1. The van der Waals surface area contributed by atoms with E-state index in [1.165, 1.54) is 0 Å². The Labute approximate surface area is 170 Å². The number of nitriles is 1. The van der Waals surface area contributed by atoms with Gasteiger partial charge in [0.2, 0.25) is 5.78 Å². The number of aryl methyl sites for hydroxylation is 1. The van der Waals surface area contributed by atoms with Gasteiger partial charge in [-0.3, -0.25) is 18.4 Å². The zero-order chi connectivity index (χ0) is 20.7. The Morgan fingerprint density at radius 3 is 2.97 bits per heavy atom. The maximum absolute atomic E-state index is 13.0. The summed E-state index contributed by atoms with van der Waals surface area (Å²) in [6.45, 7) is 3.08. The van der Waals surface area contributed by atoms with E-state index in [4.69, 9.17) is 0 Å². The van der Waals surface area contributed by atoms with Gasteiger partial charge in [-0.05, 0) is 18.1 Å². The molecule has 9 heteroatoms. The molecule has 0 amide bonds. The molecule has 0 bridgehead atoms. The number of fused-ring (bicyclic) bond motifs is 3. The topological polar surface area (TPSA) is 110 Å². The summed E-state index contributed by atoms with van der Waals surface area (Å²) in [6.07, 6.45) is 7.84. The van der Waals surface area contributed by atoms with Crippen LogP contribution in [0.25, 0.3) is 28.3 Å². The fourth-order valence-electron chi connectivity index (χ4n) is 3.65. The second-order valence-electron chi connectivity index (χ2n) is 7.03.